The zero-order valence-corrected chi connectivity index (χ0v) is 14.3. The van der Waals surface area contributed by atoms with Gasteiger partial charge in [0.2, 0.25) is 15.9 Å². The summed E-state index contributed by atoms with van der Waals surface area (Å²) < 4.78 is 26.1. The van der Waals surface area contributed by atoms with E-state index in [0.717, 1.165) is 37.7 Å². The topological polar surface area (TPSA) is 66.5 Å². The highest BCUT2D eigenvalue weighted by Crippen LogP contribution is 2.34. The van der Waals surface area contributed by atoms with E-state index < -0.39 is 10.0 Å². The molecule has 1 heterocycles. The predicted octanol–water partition coefficient (Wildman–Crippen LogP) is 1.65. The number of carbonyl (C=O) groups excluding carboxylic acids is 1. The molecule has 0 spiro atoms. The van der Waals surface area contributed by atoms with Crippen LogP contribution in [0.1, 0.15) is 42.7 Å². The first-order valence-electron chi connectivity index (χ1n) is 8.31. The molecule has 1 fully saturated rings. The third-order valence-electron chi connectivity index (χ3n) is 5.05. The van der Waals surface area contributed by atoms with Gasteiger partial charge < -0.3 is 4.90 Å². The molecule has 2 aliphatic rings. The van der Waals surface area contributed by atoms with Crippen molar-refractivity contribution in [3.63, 3.8) is 0 Å². The van der Waals surface area contributed by atoms with Crippen LogP contribution in [-0.4, -0.2) is 44.6 Å². The van der Waals surface area contributed by atoms with Crippen LogP contribution in [0.2, 0.25) is 0 Å². The molecule has 0 saturated carbocycles. The van der Waals surface area contributed by atoms with Crippen LogP contribution in [0.15, 0.2) is 24.3 Å². The maximum Gasteiger partial charge on any atom is 0.230 e. The second kappa shape index (κ2) is 6.61. The number of carbonyl (C=O) groups is 1. The fraction of sp³-hybridized carbons (Fsp3) is 0.588. The van der Waals surface area contributed by atoms with Gasteiger partial charge in [0.1, 0.15) is 0 Å². The number of amides is 1. The number of fused-ring (bicyclic) bond motifs is 1. The largest absolute Gasteiger partial charge is 0.338 e. The van der Waals surface area contributed by atoms with Crippen molar-refractivity contribution < 1.29 is 13.2 Å². The van der Waals surface area contributed by atoms with E-state index >= 15 is 0 Å². The van der Waals surface area contributed by atoms with Gasteiger partial charge in [0.25, 0.3) is 0 Å². The first-order valence-corrected chi connectivity index (χ1v) is 9.96. The number of aryl methyl sites for hydroxylation is 1. The molecule has 5 nitrogen and oxygen atoms in total. The average molecular weight is 336 g/mol. The highest BCUT2D eigenvalue weighted by molar-refractivity contribution is 7.89. The van der Waals surface area contributed by atoms with Gasteiger partial charge in [-0.1, -0.05) is 24.3 Å². The van der Waals surface area contributed by atoms with Crippen molar-refractivity contribution >= 4 is 15.9 Å². The number of nitrogens with zero attached hydrogens (tertiary/aromatic N) is 1. The summed E-state index contributed by atoms with van der Waals surface area (Å²) in [6.07, 6.45) is 4.54. The fourth-order valence-corrected chi connectivity index (χ4v) is 4.87. The second-order valence-electron chi connectivity index (χ2n) is 6.46. The van der Waals surface area contributed by atoms with Crippen molar-refractivity contribution in [3.8, 4) is 0 Å². The zero-order valence-electron chi connectivity index (χ0n) is 13.5. The van der Waals surface area contributed by atoms with Gasteiger partial charge in [0.05, 0.1) is 11.7 Å². The minimum Gasteiger partial charge on any atom is -0.338 e. The molecule has 23 heavy (non-hydrogen) atoms. The molecule has 1 aromatic rings. The summed E-state index contributed by atoms with van der Waals surface area (Å²) in [4.78, 5) is 14.9. The van der Waals surface area contributed by atoms with E-state index in [1.807, 2.05) is 23.1 Å². The molecule has 1 saturated heterocycles. The van der Waals surface area contributed by atoms with Gasteiger partial charge in [-0.2, -0.15) is 0 Å². The Labute approximate surface area is 138 Å². The molecule has 0 aromatic heterocycles. The van der Waals surface area contributed by atoms with Crippen molar-refractivity contribution in [1.82, 2.24) is 9.62 Å². The maximum absolute atomic E-state index is 13.1. The monoisotopic (exact) mass is 336 g/mol. The molecule has 1 aliphatic heterocycles. The van der Waals surface area contributed by atoms with Crippen LogP contribution in [0.25, 0.3) is 0 Å². The summed E-state index contributed by atoms with van der Waals surface area (Å²) >= 11 is 0. The number of benzene rings is 1. The predicted molar refractivity (Wildman–Crippen MR) is 89.7 cm³/mol. The summed E-state index contributed by atoms with van der Waals surface area (Å²) in [5, 5.41) is 0. The van der Waals surface area contributed by atoms with E-state index in [4.69, 9.17) is 0 Å². The van der Waals surface area contributed by atoms with E-state index in [2.05, 4.69) is 10.8 Å². The van der Waals surface area contributed by atoms with Crippen LogP contribution < -0.4 is 4.72 Å². The molecule has 0 bridgehead atoms. The molecule has 1 aliphatic carbocycles. The molecule has 1 amide bonds. The number of rotatable bonds is 4. The molecule has 2 unspecified atom stereocenters. The third kappa shape index (κ3) is 3.43. The summed E-state index contributed by atoms with van der Waals surface area (Å²) in [5.74, 6) is -0.00680. The van der Waals surface area contributed by atoms with E-state index in [1.165, 1.54) is 12.6 Å². The number of nitrogens with one attached hydrogen (secondary N) is 1. The van der Waals surface area contributed by atoms with Gasteiger partial charge in [-0.05, 0) is 50.3 Å². The quantitative estimate of drug-likeness (QED) is 0.909. The Morgan fingerprint density at radius 3 is 2.83 bits per heavy atom. The number of hydrogen-bond acceptors (Lipinski definition) is 3. The standard InChI is InChI=1S/C17H24N2O3S/c1-18-23(21,22)12-14-8-5-11-19(14)17(20)16-10-4-7-13-6-2-3-9-15(13)16/h2-3,6,9,14,16,18H,4-5,7-8,10-12H2,1H3. The van der Waals surface area contributed by atoms with E-state index in [9.17, 15) is 13.2 Å². The molecule has 126 valence electrons. The Morgan fingerprint density at radius 2 is 2.04 bits per heavy atom. The van der Waals surface area contributed by atoms with Crippen LogP contribution in [0.5, 0.6) is 0 Å². The smallest absolute Gasteiger partial charge is 0.230 e. The van der Waals surface area contributed by atoms with Gasteiger partial charge >= 0.3 is 0 Å². The Morgan fingerprint density at radius 1 is 1.26 bits per heavy atom. The molecule has 1 N–H and O–H groups in total. The molecule has 0 radical (unpaired) electrons. The lowest BCUT2D eigenvalue weighted by Gasteiger charge is -2.31. The molecular weight excluding hydrogens is 312 g/mol. The Bertz CT molecular complexity index is 687. The van der Waals surface area contributed by atoms with E-state index in [1.54, 1.807) is 0 Å². The minimum absolute atomic E-state index is 0.00358. The summed E-state index contributed by atoms with van der Waals surface area (Å²) in [6, 6.07) is 7.95. The normalized spacial score (nSPS) is 24.5. The highest BCUT2D eigenvalue weighted by atomic mass is 32.2. The molecule has 3 rings (SSSR count). The fourth-order valence-electron chi connectivity index (χ4n) is 3.85. The molecule has 1 aromatic carbocycles. The summed E-state index contributed by atoms with van der Waals surface area (Å²) in [5.41, 5.74) is 2.39. The van der Waals surface area contributed by atoms with Crippen LogP contribution in [0, 0.1) is 0 Å². The number of sulfonamides is 1. The third-order valence-corrected chi connectivity index (χ3v) is 6.50. The number of hydrogen-bond donors (Lipinski definition) is 1. The maximum atomic E-state index is 13.1. The van der Waals surface area contributed by atoms with Gasteiger partial charge in [0, 0.05) is 12.6 Å². The zero-order chi connectivity index (χ0) is 16.4. The Balaban J connectivity index is 1.80. The lowest BCUT2D eigenvalue weighted by Crippen LogP contribution is -2.44. The van der Waals surface area contributed by atoms with Crippen LogP contribution in [0.3, 0.4) is 0 Å². The van der Waals surface area contributed by atoms with E-state index in [0.29, 0.717) is 6.54 Å². The Hall–Kier alpha value is -1.40. The Kier molecular flexibility index (Phi) is 4.73. The summed E-state index contributed by atoms with van der Waals surface area (Å²) in [6.45, 7) is 0.668. The van der Waals surface area contributed by atoms with Crippen LogP contribution in [-0.2, 0) is 21.2 Å². The summed E-state index contributed by atoms with van der Waals surface area (Å²) in [7, 11) is -1.88. The minimum atomic E-state index is -3.30. The SMILES string of the molecule is CNS(=O)(=O)CC1CCCN1C(=O)C1CCCc2ccccc21. The first-order chi connectivity index (χ1) is 11.0. The average Bonchev–Trinajstić information content (AvgIpc) is 3.01. The van der Waals surface area contributed by atoms with Crippen molar-refractivity contribution in [3.05, 3.63) is 35.4 Å². The van der Waals surface area contributed by atoms with Crippen LogP contribution >= 0.6 is 0 Å². The second-order valence-corrected chi connectivity index (χ2v) is 8.43. The van der Waals surface area contributed by atoms with E-state index in [-0.39, 0.29) is 23.6 Å². The van der Waals surface area contributed by atoms with Crippen molar-refractivity contribution in [2.24, 2.45) is 0 Å². The number of likely N-dealkylation sites (tertiary alicyclic amines) is 1. The van der Waals surface area contributed by atoms with Gasteiger partial charge in [-0.3, -0.25) is 4.79 Å². The lowest BCUT2D eigenvalue weighted by molar-refractivity contribution is -0.133. The highest BCUT2D eigenvalue weighted by Gasteiger charge is 2.37. The van der Waals surface area contributed by atoms with Crippen molar-refractivity contribution in [1.29, 1.82) is 0 Å². The molecule has 6 heteroatoms. The van der Waals surface area contributed by atoms with Gasteiger partial charge in [-0.25, -0.2) is 13.1 Å². The lowest BCUT2D eigenvalue weighted by atomic mass is 9.82. The first kappa shape index (κ1) is 16.5. The van der Waals surface area contributed by atoms with Gasteiger partial charge in [0.15, 0.2) is 0 Å². The van der Waals surface area contributed by atoms with Gasteiger partial charge in [-0.15, -0.1) is 0 Å². The van der Waals surface area contributed by atoms with Crippen molar-refractivity contribution in [2.75, 3.05) is 19.3 Å². The van der Waals surface area contributed by atoms with Crippen molar-refractivity contribution in [2.45, 2.75) is 44.1 Å². The molecule has 2 atom stereocenters. The van der Waals surface area contributed by atoms with Crippen LogP contribution in [0.4, 0.5) is 0 Å². The molecular formula is C17H24N2O3S.